The van der Waals surface area contributed by atoms with E-state index in [0.717, 1.165) is 38.3 Å². The molecule has 0 aliphatic heterocycles. The van der Waals surface area contributed by atoms with Crippen LogP contribution in [0.3, 0.4) is 0 Å². The van der Waals surface area contributed by atoms with Gasteiger partial charge in [0.1, 0.15) is 5.75 Å². The number of carbonyl (C=O) groups is 1. The largest absolute Gasteiger partial charge is 0.494 e. The highest BCUT2D eigenvalue weighted by Crippen LogP contribution is 2.12. The Labute approximate surface area is 121 Å². The van der Waals surface area contributed by atoms with Crippen molar-refractivity contribution in [1.29, 1.82) is 0 Å². The summed E-state index contributed by atoms with van der Waals surface area (Å²) in [5, 5.41) is 3.31. The summed E-state index contributed by atoms with van der Waals surface area (Å²) < 4.78 is 10.4. The summed E-state index contributed by atoms with van der Waals surface area (Å²) in [5.74, 6) is 0.796. The summed E-state index contributed by atoms with van der Waals surface area (Å²) in [6, 6.07) is 8.10. The van der Waals surface area contributed by atoms with Crippen LogP contribution in [-0.4, -0.2) is 25.7 Å². The second-order valence-corrected chi connectivity index (χ2v) is 4.58. The zero-order valence-corrected chi connectivity index (χ0v) is 12.5. The minimum absolute atomic E-state index is 0.119. The lowest BCUT2D eigenvalue weighted by Crippen LogP contribution is -2.16. The van der Waals surface area contributed by atoms with E-state index in [1.54, 1.807) is 0 Å². The van der Waals surface area contributed by atoms with Crippen molar-refractivity contribution in [2.45, 2.75) is 39.7 Å². The maximum Gasteiger partial charge on any atom is 0.305 e. The second-order valence-electron chi connectivity index (χ2n) is 4.58. The predicted octanol–water partition coefficient (Wildman–Crippen LogP) is 2.91. The number of rotatable bonds is 10. The third kappa shape index (κ3) is 7.14. The standard InChI is InChI=1S/C16H25NO3/c1-3-12-20-15-9-7-14(8-10-15)13-17-11-5-6-16(18)19-4-2/h7-10,17H,3-6,11-13H2,1-2H3. The molecule has 0 fully saturated rings. The normalized spacial score (nSPS) is 10.3. The van der Waals surface area contributed by atoms with Crippen LogP contribution in [0.15, 0.2) is 24.3 Å². The van der Waals surface area contributed by atoms with Gasteiger partial charge in [0.15, 0.2) is 0 Å². The molecule has 1 N–H and O–H groups in total. The first-order valence-electron chi connectivity index (χ1n) is 7.34. The Balaban J connectivity index is 2.14. The fraction of sp³-hybridized carbons (Fsp3) is 0.562. The predicted molar refractivity (Wildman–Crippen MR) is 79.8 cm³/mol. The zero-order valence-electron chi connectivity index (χ0n) is 12.5. The first kappa shape index (κ1) is 16.5. The van der Waals surface area contributed by atoms with E-state index in [0.29, 0.717) is 13.0 Å². The van der Waals surface area contributed by atoms with Crippen molar-refractivity contribution >= 4 is 5.97 Å². The van der Waals surface area contributed by atoms with Gasteiger partial charge in [-0.1, -0.05) is 19.1 Å². The highest BCUT2D eigenvalue weighted by atomic mass is 16.5. The lowest BCUT2D eigenvalue weighted by molar-refractivity contribution is -0.143. The van der Waals surface area contributed by atoms with Crippen molar-refractivity contribution in [2.75, 3.05) is 19.8 Å². The van der Waals surface area contributed by atoms with Crippen molar-refractivity contribution < 1.29 is 14.3 Å². The molecule has 0 heterocycles. The van der Waals surface area contributed by atoms with E-state index in [1.807, 2.05) is 19.1 Å². The van der Waals surface area contributed by atoms with Gasteiger partial charge in [0.2, 0.25) is 0 Å². The SMILES string of the molecule is CCCOc1ccc(CNCCCC(=O)OCC)cc1. The molecule has 4 heteroatoms. The van der Waals surface area contributed by atoms with Crippen LogP contribution in [0.5, 0.6) is 5.75 Å². The first-order chi connectivity index (χ1) is 9.76. The van der Waals surface area contributed by atoms with Gasteiger partial charge in [0.05, 0.1) is 13.2 Å². The average molecular weight is 279 g/mol. The zero-order chi connectivity index (χ0) is 14.6. The van der Waals surface area contributed by atoms with Crippen LogP contribution in [0.25, 0.3) is 0 Å². The van der Waals surface area contributed by atoms with E-state index in [4.69, 9.17) is 9.47 Å². The Morgan fingerprint density at radius 2 is 1.95 bits per heavy atom. The van der Waals surface area contributed by atoms with Gasteiger partial charge in [-0.15, -0.1) is 0 Å². The highest BCUT2D eigenvalue weighted by Gasteiger charge is 2.00. The van der Waals surface area contributed by atoms with Gasteiger partial charge in [0, 0.05) is 13.0 Å². The third-order valence-electron chi connectivity index (χ3n) is 2.77. The van der Waals surface area contributed by atoms with E-state index >= 15 is 0 Å². The molecule has 0 radical (unpaired) electrons. The third-order valence-corrected chi connectivity index (χ3v) is 2.77. The number of benzene rings is 1. The number of hydrogen-bond acceptors (Lipinski definition) is 4. The number of hydrogen-bond donors (Lipinski definition) is 1. The topological polar surface area (TPSA) is 47.6 Å². The molecular weight excluding hydrogens is 254 g/mol. The molecule has 0 aromatic heterocycles. The van der Waals surface area contributed by atoms with Gasteiger partial charge in [-0.2, -0.15) is 0 Å². The van der Waals surface area contributed by atoms with Crippen molar-refractivity contribution in [3.63, 3.8) is 0 Å². The van der Waals surface area contributed by atoms with Crippen molar-refractivity contribution in [1.82, 2.24) is 5.32 Å². The summed E-state index contributed by atoms with van der Waals surface area (Å²) in [7, 11) is 0. The van der Waals surface area contributed by atoms with E-state index in [1.165, 1.54) is 5.56 Å². The van der Waals surface area contributed by atoms with Gasteiger partial charge in [-0.25, -0.2) is 0 Å². The highest BCUT2D eigenvalue weighted by molar-refractivity contribution is 5.69. The Morgan fingerprint density at radius 1 is 1.20 bits per heavy atom. The number of carbonyl (C=O) groups excluding carboxylic acids is 1. The van der Waals surface area contributed by atoms with E-state index < -0.39 is 0 Å². The van der Waals surface area contributed by atoms with Crippen molar-refractivity contribution in [3.05, 3.63) is 29.8 Å². The molecule has 0 atom stereocenters. The Bertz CT molecular complexity index is 376. The number of esters is 1. The van der Waals surface area contributed by atoms with E-state index in [2.05, 4.69) is 24.4 Å². The average Bonchev–Trinajstić information content (AvgIpc) is 2.46. The van der Waals surface area contributed by atoms with Crippen LogP contribution < -0.4 is 10.1 Å². The Kier molecular flexibility index (Phi) is 8.47. The van der Waals surface area contributed by atoms with E-state index in [-0.39, 0.29) is 5.97 Å². The molecule has 112 valence electrons. The molecule has 4 nitrogen and oxygen atoms in total. The fourth-order valence-corrected chi connectivity index (χ4v) is 1.75. The molecule has 0 saturated heterocycles. The molecule has 0 bridgehead atoms. The van der Waals surface area contributed by atoms with Crippen LogP contribution in [0, 0.1) is 0 Å². The minimum Gasteiger partial charge on any atom is -0.494 e. The fourth-order valence-electron chi connectivity index (χ4n) is 1.75. The molecule has 1 aromatic carbocycles. The summed E-state index contributed by atoms with van der Waals surface area (Å²) in [6.45, 7) is 6.74. The number of nitrogens with one attached hydrogen (secondary N) is 1. The maximum atomic E-state index is 11.1. The molecule has 0 aliphatic rings. The second kappa shape index (κ2) is 10.3. The smallest absolute Gasteiger partial charge is 0.305 e. The number of ether oxygens (including phenoxy) is 2. The quantitative estimate of drug-likeness (QED) is 0.528. The Morgan fingerprint density at radius 3 is 2.60 bits per heavy atom. The maximum absolute atomic E-state index is 11.1. The van der Waals surface area contributed by atoms with Crippen LogP contribution in [0.1, 0.15) is 38.7 Å². The Hall–Kier alpha value is -1.55. The summed E-state index contributed by atoms with van der Waals surface area (Å²) in [4.78, 5) is 11.1. The van der Waals surface area contributed by atoms with Crippen LogP contribution >= 0.6 is 0 Å². The van der Waals surface area contributed by atoms with Crippen LogP contribution in [-0.2, 0) is 16.1 Å². The monoisotopic (exact) mass is 279 g/mol. The summed E-state index contributed by atoms with van der Waals surface area (Å²) in [6.07, 6.45) is 2.30. The molecule has 0 amide bonds. The van der Waals surface area contributed by atoms with Gasteiger partial charge >= 0.3 is 5.97 Å². The van der Waals surface area contributed by atoms with Crippen molar-refractivity contribution in [2.24, 2.45) is 0 Å². The van der Waals surface area contributed by atoms with Gasteiger partial charge in [-0.3, -0.25) is 4.79 Å². The van der Waals surface area contributed by atoms with Gasteiger partial charge < -0.3 is 14.8 Å². The molecule has 1 aromatic rings. The van der Waals surface area contributed by atoms with Crippen molar-refractivity contribution in [3.8, 4) is 5.75 Å². The summed E-state index contributed by atoms with van der Waals surface area (Å²) >= 11 is 0. The molecule has 20 heavy (non-hydrogen) atoms. The van der Waals surface area contributed by atoms with Crippen LogP contribution in [0.4, 0.5) is 0 Å². The first-order valence-corrected chi connectivity index (χ1v) is 7.34. The lowest BCUT2D eigenvalue weighted by Gasteiger charge is -2.07. The molecular formula is C16H25NO3. The molecule has 0 unspecified atom stereocenters. The summed E-state index contributed by atoms with van der Waals surface area (Å²) in [5.41, 5.74) is 1.21. The van der Waals surface area contributed by atoms with Crippen LogP contribution in [0.2, 0.25) is 0 Å². The van der Waals surface area contributed by atoms with Gasteiger partial charge in [-0.05, 0) is 44.0 Å². The van der Waals surface area contributed by atoms with E-state index in [9.17, 15) is 4.79 Å². The molecule has 0 aliphatic carbocycles. The molecule has 0 spiro atoms. The molecule has 1 rings (SSSR count). The molecule has 0 saturated carbocycles. The van der Waals surface area contributed by atoms with Gasteiger partial charge in [0.25, 0.3) is 0 Å². The lowest BCUT2D eigenvalue weighted by atomic mass is 10.2. The minimum atomic E-state index is -0.119.